The Kier molecular flexibility index (Phi) is 5.45. The minimum Gasteiger partial charge on any atom is -0.457 e. The van der Waals surface area contributed by atoms with Gasteiger partial charge in [-0.3, -0.25) is 9.52 Å². The van der Waals surface area contributed by atoms with E-state index in [0.29, 0.717) is 24.4 Å². The second kappa shape index (κ2) is 8.07. The third-order valence-corrected chi connectivity index (χ3v) is 6.84. The number of nitrogens with zero attached hydrogens (tertiary/aromatic N) is 1. The van der Waals surface area contributed by atoms with Gasteiger partial charge in [-0.1, -0.05) is 6.07 Å². The second-order valence-corrected chi connectivity index (χ2v) is 9.37. The predicted molar refractivity (Wildman–Crippen MR) is 121 cm³/mol. The van der Waals surface area contributed by atoms with Crippen LogP contribution in [0.4, 0.5) is 11.4 Å². The smallest absolute Gasteiger partial charge is 0.261 e. The summed E-state index contributed by atoms with van der Waals surface area (Å²) in [5, 5.41) is 0. The Labute approximate surface area is 182 Å². The average molecular weight is 437 g/mol. The highest BCUT2D eigenvalue weighted by Crippen LogP contribution is 2.31. The lowest BCUT2D eigenvalue weighted by Crippen LogP contribution is -2.25. The van der Waals surface area contributed by atoms with Gasteiger partial charge in [0.1, 0.15) is 11.5 Å². The summed E-state index contributed by atoms with van der Waals surface area (Å²) < 4.78 is 34.1. The largest absolute Gasteiger partial charge is 0.457 e. The van der Waals surface area contributed by atoms with E-state index in [9.17, 15) is 13.2 Å². The van der Waals surface area contributed by atoms with Crippen molar-refractivity contribution in [1.29, 1.82) is 0 Å². The molecular weight excluding hydrogens is 412 g/mol. The van der Waals surface area contributed by atoms with Gasteiger partial charge in [0.15, 0.2) is 0 Å². The van der Waals surface area contributed by atoms with Gasteiger partial charge in [0.25, 0.3) is 10.0 Å². The van der Waals surface area contributed by atoms with E-state index < -0.39 is 10.0 Å². The van der Waals surface area contributed by atoms with Gasteiger partial charge in [-0.2, -0.15) is 0 Å². The maximum absolute atomic E-state index is 12.8. The first-order valence-electron chi connectivity index (χ1n) is 10.0. The molecule has 0 bridgehead atoms. The van der Waals surface area contributed by atoms with Crippen LogP contribution in [0, 0.1) is 13.8 Å². The SMILES string of the molecule is CC(=O)N1CCc2cc(S(=O)(=O)Nc3ccc(Oc4ccc(C)c(C)c4)cc3)ccc21. The summed E-state index contributed by atoms with van der Waals surface area (Å²) in [7, 11) is -3.75. The van der Waals surface area contributed by atoms with Crippen LogP contribution in [-0.4, -0.2) is 20.9 Å². The Balaban J connectivity index is 1.48. The van der Waals surface area contributed by atoms with Crippen molar-refractivity contribution >= 4 is 27.3 Å². The standard InChI is InChI=1S/C24H24N2O4S/c1-16-4-7-22(14-17(16)2)30-21-8-5-20(6-9-21)25-31(28,29)23-10-11-24-19(15-23)12-13-26(24)18(3)27/h4-11,14-15,25H,12-13H2,1-3H3. The molecular formula is C24H24N2O4S. The highest BCUT2D eigenvalue weighted by atomic mass is 32.2. The van der Waals surface area contributed by atoms with Crippen molar-refractivity contribution in [2.45, 2.75) is 32.1 Å². The minimum absolute atomic E-state index is 0.0458. The molecule has 0 radical (unpaired) electrons. The molecule has 6 nitrogen and oxygen atoms in total. The molecule has 0 spiro atoms. The first-order chi connectivity index (χ1) is 14.7. The number of aryl methyl sites for hydroxylation is 2. The van der Waals surface area contributed by atoms with Crippen LogP contribution in [0.5, 0.6) is 11.5 Å². The molecule has 1 aliphatic rings. The zero-order chi connectivity index (χ0) is 22.2. The van der Waals surface area contributed by atoms with Gasteiger partial charge in [0.05, 0.1) is 4.90 Å². The fourth-order valence-corrected chi connectivity index (χ4v) is 4.70. The third kappa shape index (κ3) is 4.41. The average Bonchev–Trinajstić information content (AvgIpc) is 3.16. The second-order valence-electron chi connectivity index (χ2n) is 7.69. The van der Waals surface area contributed by atoms with Crippen molar-refractivity contribution < 1.29 is 17.9 Å². The molecule has 1 aliphatic heterocycles. The van der Waals surface area contributed by atoms with Gasteiger partial charge in [-0.05, 0) is 91.6 Å². The summed E-state index contributed by atoms with van der Waals surface area (Å²) in [5.74, 6) is 1.30. The van der Waals surface area contributed by atoms with Crippen LogP contribution in [-0.2, 0) is 21.2 Å². The van der Waals surface area contributed by atoms with Crippen molar-refractivity contribution in [3.05, 3.63) is 77.4 Å². The number of hydrogen-bond acceptors (Lipinski definition) is 4. The molecule has 1 N–H and O–H groups in total. The molecule has 0 atom stereocenters. The molecule has 0 saturated carbocycles. The number of benzene rings is 3. The monoisotopic (exact) mass is 436 g/mol. The van der Waals surface area contributed by atoms with Crippen molar-refractivity contribution in [3.63, 3.8) is 0 Å². The Bertz CT molecular complexity index is 1250. The summed E-state index contributed by atoms with van der Waals surface area (Å²) in [6.45, 7) is 6.15. The fourth-order valence-electron chi connectivity index (χ4n) is 3.59. The van der Waals surface area contributed by atoms with Crippen molar-refractivity contribution in [3.8, 4) is 11.5 Å². The summed E-state index contributed by atoms with van der Waals surface area (Å²) in [5.41, 5.74) is 4.41. The van der Waals surface area contributed by atoms with Crippen LogP contribution in [0.25, 0.3) is 0 Å². The molecule has 31 heavy (non-hydrogen) atoms. The number of hydrogen-bond donors (Lipinski definition) is 1. The summed E-state index contributed by atoms with van der Waals surface area (Å²) >= 11 is 0. The highest BCUT2D eigenvalue weighted by Gasteiger charge is 2.24. The Morgan fingerprint density at radius 1 is 0.935 bits per heavy atom. The predicted octanol–water partition coefficient (Wildman–Crippen LogP) is 4.81. The maximum Gasteiger partial charge on any atom is 0.261 e. The molecule has 0 aromatic heterocycles. The lowest BCUT2D eigenvalue weighted by atomic mass is 10.1. The van der Waals surface area contributed by atoms with E-state index in [4.69, 9.17) is 4.74 Å². The molecule has 1 amide bonds. The summed E-state index contributed by atoms with van der Waals surface area (Å²) in [6, 6.07) is 17.5. The van der Waals surface area contributed by atoms with Crippen LogP contribution in [0.15, 0.2) is 65.6 Å². The van der Waals surface area contributed by atoms with Gasteiger partial charge in [0, 0.05) is 24.8 Å². The van der Waals surface area contributed by atoms with Gasteiger partial charge in [-0.15, -0.1) is 0 Å². The van der Waals surface area contributed by atoms with E-state index in [1.165, 1.54) is 18.6 Å². The maximum atomic E-state index is 12.8. The Morgan fingerprint density at radius 2 is 1.65 bits per heavy atom. The number of nitrogens with one attached hydrogen (secondary N) is 1. The van der Waals surface area contributed by atoms with Crippen molar-refractivity contribution in [2.75, 3.05) is 16.2 Å². The topological polar surface area (TPSA) is 75.7 Å². The van der Waals surface area contributed by atoms with Crippen LogP contribution in [0.1, 0.15) is 23.6 Å². The number of sulfonamides is 1. The van der Waals surface area contributed by atoms with Crippen LogP contribution < -0.4 is 14.4 Å². The lowest BCUT2D eigenvalue weighted by Gasteiger charge is -2.15. The third-order valence-electron chi connectivity index (χ3n) is 5.46. The van der Waals surface area contributed by atoms with Crippen LogP contribution in [0.3, 0.4) is 0 Å². The number of carbonyl (C=O) groups is 1. The fraction of sp³-hybridized carbons (Fsp3) is 0.208. The van der Waals surface area contributed by atoms with Crippen LogP contribution >= 0.6 is 0 Å². The molecule has 160 valence electrons. The van der Waals surface area contributed by atoms with E-state index in [-0.39, 0.29) is 10.8 Å². The highest BCUT2D eigenvalue weighted by molar-refractivity contribution is 7.92. The number of ether oxygens (including phenoxy) is 1. The summed E-state index contributed by atoms with van der Waals surface area (Å²) in [4.78, 5) is 13.5. The first-order valence-corrected chi connectivity index (χ1v) is 11.5. The van der Waals surface area contributed by atoms with Crippen molar-refractivity contribution in [2.24, 2.45) is 0 Å². The van der Waals surface area contributed by atoms with Crippen LogP contribution in [0.2, 0.25) is 0 Å². The molecule has 3 aromatic carbocycles. The lowest BCUT2D eigenvalue weighted by molar-refractivity contribution is -0.116. The summed E-state index contributed by atoms with van der Waals surface area (Å²) in [6.07, 6.45) is 0.642. The first kappa shape index (κ1) is 20.9. The zero-order valence-corrected chi connectivity index (χ0v) is 18.5. The molecule has 0 fully saturated rings. The van der Waals surface area contributed by atoms with E-state index in [1.807, 2.05) is 32.0 Å². The quantitative estimate of drug-likeness (QED) is 0.623. The molecule has 7 heteroatoms. The van der Waals surface area contributed by atoms with Gasteiger partial charge >= 0.3 is 0 Å². The van der Waals surface area contributed by atoms with Gasteiger partial charge in [-0.25, -0.2) is 8.42 Å². The van der Waals surface area contributed by atoms with E-state index in [2.05, 4.69) is 4.72 Å². The Hall–Kier alpha value is -3.32. The number of fused-ring (bicyclic) bond motifs is 1. The molecule has 1 heterocycles. The molecule has 0 aliphatic carbocycles. The zero-order valence-electron chi connectivity index (χ0n) is 17.7. The number of anilines is 2. The molecule has 0 unspecified atom stereocenters. The molecule has 3 aromatic rings. The molecule has 0 saturated heterocycles. The van der Waals surface area contributed by atoms with E-state index in [0.717, 1.165) is 22.6 Å². The van der Waals surface area contributed by atoms with Gasteiger partial charge in [0.2, 0.25) is 5.91 Å². The van der Waals surface area contributed by atoms with Gasteiger partial charge < -0.3 is 9.64 Å². The Morgan fingerprint density at radius 3 is 2.32 bits per heavy atom. The number of rotatable bonds is 5. The van der Waals surface area contributed by atoms with Crippen molar-refractivity contribution in [1.82, 2.24) is 0 Å². The number of carbonyl (C=O) groups excluding carboxylic acids is 1. The van der Waals surface area contributed by atoms with E-state index >= 15 is 0 Å². The van der Waals surface area contributed by atoms with E-state index in [1.54, 1.807) is 41.3 Å². The normalized spacial score (nSPS) is 13.1. The number of amides is 1. The molecule has 4 rings (SSSR count). The minimum atomic E-state index is -3.75.